The largest absolute Gasteiger partial charge is 0.497 e. The molecule has 2 amide bonds. The molecule has 30 heavy (non-hydrogen) atoms. The lowest BCUT2D eigenvalue weighted by Crippen LogP contribution is -2.34. The highest BCUT2D eigenvalue weighted by Crippen LogP contribution is 2.18. The van der Waals surface area contributed by atoms with Gasteiger partial charge < -0.3 is 15.0 Å². The first-order valence-corrected chi connectivity index (χ1v) is 9.63. The van der Waals surface area contributed by atoms with Crippen molar-refractivity contribution < 1.29 is 18.7 Å². The van der Waals surface area contributed by atoms with Gasteiger partial charge in [-0.25, -0.2) is 4.39 Å². The number of benzene rings is 3. The Balaban J connectivity index is 1.64. The monoisotopic (exact) mass is 406 g/mol. The van der Waals surface area contributed by atoms with Crippen molar-refractivity contribution in [2.75, 3.05) is 25.1 Å². The molecule has 0 aromatic heterocycles. The van der Waals surface area contributed by atoms with E-state index in [0.717, 1.165) is 0 Å². The molecule has 0 fully saturated rings. The number of methoxy groups -OCH3 is 1. The normalized spacial score (nSPS) is 10.3. The summed E-state index contributed by atoms with van der Waals surface area (Å²) in [5, 5.41) is 2.85. The van der Waals surface area contributed by atoms with Crippen LogP contribution < -0.4 is 15.0 Å². The number of hydrogen-bond acceptors (Lipinski definition) is 3. The molecular weight excluding hydrogens is 383 g/mol. The Morgan fingerprint density at radius 3 is 2.33 bits per heavy atom. The van der Waals surface area contributed by atoms with E-state index in [0.29, 0.717) is 42.1 Å². The van der Waals surface area contributed by atoms with E-state index in [-0.39, 0.29) is 17.6 Å². The summed E-state index contributed by atoms with van der Waals surface area (Å²) in [6, 6.07) is 21.6. The van der Waals surface area contributed by atoms with E-state index in [9.17, 15) is 14.0 Å². The fraction of sp³-hybridized carbons (Fsp3) is 0.167. The summed E-state index contributed by atoms with van der Waals surface area (Å²) in [7, 11) is 1.55. The Morgan fingerprint density at radius 2 is 1.63 bits per heavy atom. The summed E-state index contributed by atoms with van der Waals surface area (Å²) < 4.78 is 18.5. The van der Waals surface area contributed by atoms with Crippen LogP contribution in [-0.2, 0) is 0 Å². The minimum Gasteiger partial charge on any atom is -0.497 e. The summed E-state index contributed by atoms with van der Waals surface area (Å²) in [5.74, 6) is -0.145. The number of rotatable bonds is 8. The third kappa shape index (κ3) is 5.44. The highest BCUT2D eigenvalue weighted by Gasteiger charge is 2.17. The van der Waals surface area contributed by atoms with Crippen molar-refractivity contribution in [2.45, 2.75) is 6.42 Å². The van der Waals surface area contributed by atoms with E-state index < -0.39 is 0 Å². The predicted molar refractivity (Wildman–Crippen MR) is 114 cm³/mol. The Morgan fingerprint density at radius 1 is 0.933 bits per heavy atom. The van der Waals surface area contributed by atoms with E-state index in [4.69, 9.17) is 4.74 Å². The molecule has 3 rings (SSSR count). The number of anilines is 1. The van der Waals surface area contributed by atoms with Gasteiger partial charge in [0.05, 0.1) is 7.11 Å². The van der Waals surface area contributed by atoms with Crippen molar-refractivity contribution in [1.82, 2.24) is 5.32 Å². The van der Waals surface area contributed by atoms with Gasteiger partial charge in [0.15, 0.2) is 0 Å². The van der Waals surface area contributed by atoms with Crippen LogP contribution in [0.3, 0.4) is 0 Å². The molecule has 0 bridgehead atoms. The van der Waals surface area contributed by atoms with E-state index in [1.165, 1.54) is 12.1 Å². The number of carbonyl (C=O) groups is 2. The highest BCUT2D eigenvalue weighted by molar-refractivity contribution is 6.06. The molecule has 0 unspecified atom stereocenters. The first-order chi connectivity index (χ1) is 14.6. The lowest BCUT2D eigenvalue weighted by molar-refractivity contribution is 0.0953. The molecule has 5 nitrogen and oxygen atoms in total. The zero-order valence-corrected chi connectivity index (χ0v) is 16.7. The van der Waals surface area contributed by atoms with Gasteiger partial charge in [0.2, 0.25) is 0 Å². The molecular formula is C24H23FN2O3. The van der Waals surface area contributed by atoms with Gasteiger partial charge in [-0.05, 0) is 61.0 Å². The third-order valence-corrected chi connectivity index (χ3v) is 4.58. The molecule has 3 aromatic rings. The number of nitrogens with zero attached hydrogens (tertiary/aromatic N) is 1. The summed E-state index contributed by atoms with van der Waals surface area (Å²) >= 11 is 0. The van der Waals surface area contributed by atoms with E-state index in [1.54, 1.807) is 72.7 Å². The molecule has 0 aliphatic carbocycles. The maximum atomic E-state index is 13.3. The quantitative estimate of drug-likeness (QED) is 0.568. The van der Waals surface area contributed by atoms with Gasteiger partial charge in [-0.15, -0.1) is 0 Å². The van der Waals surface area contributed by atoms with Crippen molar-refractivity contribution in [2.24, 2.45) is 0 Å². The van der Waals surface area contributed by atoms with E-state index in [2.05, 4.69) is 5.32 Å². The van der Waals surface area contributed by atoms with Crippen LogP contribution in [0.15, 0.2) is 78.9 Å². The van der Waals surface area contributed by atoms with Gasteiger partial charge in [0.1, 0.15) is 11.6 Å². The SMILES string of the molecule is COc1cccc(C(=O)NCCCN(C(=O)c2ccccc2)c2ccc(F)cc2)c1. The van der Waals surface area contributed by atoms with Crippen LogP contribution in [0.5, 0.6) is 5.75 Å². The Bertz CT molecular complexity index is 991. The smallest absolute Gasteiger partial charge is 0.258 e. The number of carbonyl (C=O) groups excluding carboxylic acids is 2. The van der Waals surface area contributed by atoms with Gasteiger partial charge in [0.25, 0.3) is 11.8 Å². The van der Waals surface area contributed by atoms with Crippen LogP contribution in [0.4, 0.5) is 10.1 Å². The Hall–Kier alpha value is -3.67. The van der Waals surface area contributed by atoms with Gasteiger partial charge in [-0.3, -0.25) is 9.59 Å². The Labute approximate surface area is 175 Å². The van der Waals surface area contributed by atoms with Gasteiger partial charge in [-0.1, -0.05) is 24.3 Å². The molecule has 0 saturated heterocycles. The van der Waals surface area contributed by atoms with E-state index >= 15 is 0 Å². The second-order valence-corrected chi connectivity index (χ2v) is 6.64. The number of halogens is 1. The van der Waals surface area contributed by atoms with Crippen molar-refractivity contribution in [3.63, 3.8) is 0 Å². The molecule has 3 aromatic carbocycles. The van der Waals surface area contributed by atoms with Crippen LogP contribution in [-0.4, -0.2) is 32.0 Å². The molecule has 154 valence electrons. The van der Waals surface area contributed by atoms with Gasteiger partial charge in [-0.2, -0.15) is 0 Å². The summed E-state index contributed by atoms with van der Waals surface area (Å²) in [5.41, 5.74) is 1.65. The van der Waals surface area contributed by atoms with Crippen molar-refractivity contribution in [1.29, 1.82) is 0 Å². The van der Waals surface area contributed by atoms with Crippen LogP contribution in [0.1, 0.15) is 27.1 Å². The Kier molecular flexibility index (Phi) is 7.16. The fourth-order valence-corrected chi connectivity index (χ4v) is 3.01. The number of hydrogen-bond donors (Lipinski definition) is 1. The molecule has 0 aliphatic heterocycles. The topological polar surface area (TPSA) is 58.6 Å². The molecule has 0 atom stereocenters. The molecule has 0 heterocycles. The average Bonchev–Trinajstić information content (AvgIpc) is 2.80. The maximum Gasteiger partial charge on any atom is 0.258 e. The van der Waals surface area contributed by atoms with Crippen molar-refractivity contribution in [3.8, 4) is 5.75 Å². The third-order valence-electron chi connectivity index (χ3n) is 4.58. The van der Waals surface area contributed by atoms with Crippen LogP contribution >= 0.6 is 0 Å². The molecule has 0 spiro atoms. The first kappa shape index (κ1) is 21.0. The second kappa shape index (κ2) is 10.2. The lowest BCUT2D eigenvalue weighted by atomic mass is 10.1. The zero-order valence-electron chi connectivity index (χ0n) is 16.7. The molecule has 1 N–H and O–H groups in total. The summed E-state index contributed by atoms with van der Waals surface area (Å²) in [4.78, 5) is 26.9. The number of amides is 2. The van der Waals surface area contributed by atoms with Crippen LogP contribution in [0, 0.1) is 5.82 Å². The minimum atomic E-state index is -0.364. The van der Waals surface area contributed by atoms with Crippen molar-refractivity contribution in [3.05, 3.63) is 95.8 Å². The lowest BCUT2D eigenvalue weighted by Gasteiger charge is -2.23. The summed E-state index contributed by atoms with van der Waals surface area (Å²) in [6.07, 6.45) is 0.533. The number of nitrogens with one attached hydrogen (secondary N) is 1. The zero-order chi connectivity index (χ0) is 21.3. The second-order valence-electron chi connectivity index (χ2n) is 6.64. The minimum absolute atomic E-state index is 0.179. The van der Waals surface area contributed by atoms with Crippen LogP contribution in [0.25, 0.3) is 0 Å². The van der Waals surface area contributed by atoms with Crippen LogP contribution in [0.2, 0.25) is 0 Å². The predicted octanol–water partition coefficient (Wildman–Crippen LogP) is 4.30. The molecule has 0 saturated carbocycles. The summed E-state index contributed by atoms with van der Waals surface area (Å²) in [6.45, 7) is 0.757. The van der Waals surface area contributed by atoms with Gasteiger partial charge >= 0.3 is 0 Å². The highest BCUT2D eigenvalue weighted by atomic mass is 19.1. The average molecular weight is 406 g/mol. The fourth-order valence-electron chi connectivity index (χ4n) is 3.01. The van der Waals surface area contributed by atoms with E-state index in [1.807, 2.05) is 6.07 Å². The molecule has 0 aliphatic rings. The molecule has 6 heteroatoms. The molecule has 0 radical (unpaired) electrons. The van der Waals surface area contributed by atoms with Gasteiger partial charge in [0, 0.05) is 29.9 Å². The maximum absolute atomic E-state index is 13.3. The first-order valence-electron chi connectivity index (χ1n) is 9.63. The number of ether oxygens (including phenoxy) is 1. The standard InChI is InChI=1S/C24H23FN2O3/c1-30-22-10-5-9-19(17-22)23(28)26-15-6-16-27(21-13-11-20(25)12-14-21)24(29)18-7-3-2-4-8-18/h2-5,7-14,17H,6,15-16H2,1H3,(H,26,28). The van der Waals surface area contributed by atoms with Crippen molar-refractivity contribution >= 4 is 17.5 Å².